The molecule has 11 heteroatoms. The lowest BCUT2D eigenvalue weighted by Crippen LogP contribution is -2.35. The van der Waals surface area contributed by atoms with Crippen molar-refractivity contribution in [3.63, 3.8) is 0 Å². The molecule has 1 aliphatic rings. The van der Waals surface area contributed by atoms with Crippen LogP contribution in [0.15, 0.2) is 35.3 Å². The molecule has 1 aromatic carbocycles. The molecule has 0 spiro atoms. The minimum absolute atomic E-state index is 0.154. The maximum atomic E-state index is 14.0. The molecule has 1 N–H and O–H groups in total. The Kier molecular flexibility index (Phi) is 5.02. The van der Waals surface area contributed by atoms with E-state index in [4.69, 9.17) is 11.6 Å². The van der Waals surface area contributed by atoms with Crippen LogP contribution >= 0.6 is 11.6 Å². The standard InChI is InChI=1S/C19H17ClF2N6O2/c1-10-7-16(26(2)25-10)27-6-5-13(18(27)29)24-14-9-23-28(19(30)17(14)20)15-4-3-11(21)8-12(15)22/h3-4,7-9,13,24H,5-6H2,1-2H3. The molecule has 1 saturated heterocycles. The van der Waals surface area contributed by atoms with E-state index < -0.39 is 23.2 Å². The zero-order valence-corrected chi connectivity index (χ0v) is 16.8. The lowest BCUT2D eigenvalue weighted by atomic mass is 10.2. The number of halogens is 3. The van der Waals surface area contributed by atoms with Crippen molar-refractivity contribution in [2.45, 2.75) is 19.4 Å². The molecular formula is C19H17ClF2N6O2. The van der Waals surface area contributed by atoms with Gasteiger partial charge in [0.25, 0.3) is 11.5 Å². The van der Waals surface area contributed by atoms with Crippen molar-refractivity contribution in [2.24, 2.45) is 7.05 Å². The first-order chi connectivity index (χ1) is 14.3. The van der Waals surface area contributed by atoms with Gasteiger partial charge in [0, 0.05) is 25.7 Å². The molecule has 0 bridgehead atoms. The van der Waals surface area contributed by atoms with Crippen molar-refractivity contribution in [3.05, 3.63) is 63.2 Å². The summed E-state index contributed by atoms with van der Waals surface area (Å²) in [5.74, 6) is -1.24. The molecule has 1 unspecified atom stereocenters. The number of nitrogens with one attached hydrogen (secondary N) is 1. The van der Waals surface area contributed by atoms with Gasteiger partial charge in [-0.15, -0.1) is 0 Å². The van der Waals surface area contributed by atoms with E-state index in [1.807, 2.05) is 13.0 Å². The number of amides is 1. The Morgan fingerprint density at radius 2 is 2.00 bits per heavy atom. The lowest BCUT2D eigenvalue weighted by Gasteiger charge is -2.18. The molecule has 0 saturated carbocycles. The maximum absolute atomic E-state index is 14.0. The van der Waals surface area contributed by atoms with Crippen molar-refractivity contribution in [1.29, 1.82) is 0 Å². The second-order valence-electron chi connectivity index (χ2n) is 6.93. The summed E-state index contributed by atoms with van der Waals surface area (Å²) in [4.78, 5) is 27.0. The van der Waals surface area contributed by atoms with Crippen LogP contribution in [0.3, 0.4) is 0 Å². The van der Waals surface area contributed by atoms with Crippen molar-refractivity contribution in [1.82, 2.24) is 19.6 Å². The smallest absolute Gasteiger partial charge is 0.292 e. The number of rotatable bonds is 4. The number of carbonyl (C=O) groups excluding carboxylic acids is 1. The molecule has 0 aliphatic carbocycles. The number of hydrogen-bond donors (Lipinski definition) is 1. The van der Waals surface area contributed by atoms with Crippen molar-refractivity contribution < 1.29 is 13.6 Å². The van der Waals surface area contributed by atoms with E-state index in [9.17, 15) is 18.4 Å². The van der Waals surface area contributed by atoms with Gasteiger partial charge in [0.15, 0.2) is 5.82 Å². The molecule has 30 heavy (non-hydrogen) atoms. The number of benzene rings is 1. The topological polar surface area (TPSA) is 85.0 Å². The number of aromatic nitrogens is 4. The third-order valence-electron chi connectivity index (χ3n) is 4.85. The number of hydrogen-bond acceptors (Lipinski definition) is 5. The molecule has 1 fully saturated rings. The van der Waals surface area contributed by atoms with E-state index in [0.717, 1.165) is 22.5 Å². The highest BCUT2D eigenvalue weighted by Crippen LogP contribution is 2.26. The molecule has 4 rings (SSSR count). The van der Waals surface area contributed by atoms with Crippen molar-refractivity contribution in [3.8, 4) is 5.69 Å². The SMILES string of the molecule is Cc1cc(N2CCC(Nc3cnn(-c4ccc(F)cc4F)c(=O)c3Cl)C2=O)n(C)n1. The number of carbonyl (C=O) groups is 1. The fourth-order valence-corrected chi connectivity index (χ4v) is 3.62. The molecule has 2 aromatic heterocycles. The molecule has 1 aliphatic heterocycles. The van der Waals surface area contributed by atoms with Gasteiger partial charge in [-0.2, -0.15) is 14.9 Å². The van der Waals surface area contributed by atoms with Crippen LogP contribution in [0.1, 0.15) is 12.1 Å². The summed E-state index contributed by atoms with van der Waals surface area (Å²) < 4.78 is 29.5. The third kappa shape index (κ3) is 3.43. The molecule has 3 heterocycles. The summed E-state index contributed by atoms with van der Waals surface area (Å²) in [7, 11) is 1.76. The van der Waals surface area contributed by atoms with Gasteiger partial charge in [-0.1, -0.05) is 11.6 Å². The van der Waals surface area contributed by atoms with Crippen molar-refractivity contribution >= 4 is 29.0 Å². The van der Waals surface area contributed by atoms with Crippen LogP contribution in [0.4, 0.5) is 20.3 Å². The monoisotopic (exact) mass is 434 g/mol. The highest BCUT2D eigenvalue weighted by atomic mass is 35.5. The van der Waals surface area contributed by atoms with Gasteiger partial charge >= 0.3 is 0 Å². The molecule has 3 aromatic rings. The Bertz CT molecular complexity index is 1210. The lowest BCUT2D eigenvalue weighted by molar-refractivity contribution is -0.117. The van der Waals surface area contributed by atoms with Crippen LogP contribution in [-0.4, -0.2) is 38.1 Å². The second kappa shape index (κ2) is 7.52. The third-order valence-corrected chi connectivity index (χ3v) is 5.21. The van der Waals surface area contributed by atoms with Gasteiger partial charge < -0.3 is 5.32 Å². The first-order valence-electron chi connectivity index (χ1n) is 9.08. The van der Waals surface area contributed by atoms with Crippen LogP contribution in [0.25, 0.3) is 5.69 Å². The van der Waals surface area contributed by atoms with Gasteiger partial charge in [-0.05, 0) is 25.5 Å². The second-order valence-corrected chi connectivity index (χ2v) is 7.31. The van der Waals surface area contributed by atoms with E-state index in [0.29, 0.717) is 24.8 Å². The molecule has 1 amide bonds. The van der Waals surface area contributed by atoms with E-state index in [-0.39, 0.29) is 22.3 Å². The Balaban J connectivity index is 1.59. The van der Waals surface area contributed by atoms with Crippen LogP contribution in [0, 0.1) is 18.6 Å². The van der Waals surface area contributed by atoms with E-state index in [1.54, 1.807) is 16.6 Å². The normalized spacial score (nSPS) is 16.4. The van der Waals surface area contributed by atoms with Gasteiger partial charge in [-0.25, -0.2) is 8.78 Å². The first-order valence-corrected chi connectivity index (χ1v) is 9.46. The molecule has 1 atom stereocenters. The maximum Gasteiger partial charge on any atom is 0.292 e. The summed E-state index contributed by atoms with van der Waals surface area (Å²) >= 11 is 6.17. The van der Waals surface area contributed by atoms with Gasteiger partial charge in [0.1, 0.15) is 28.4 Å². The van der Waals surface area contributed by atoms with Crippen LogP contribution < -0.4 is 15.8 Å². The molecule has 8 nitrogen and oxygen atoms in total. The minimum atomic E-state index is -0.950. The fraction of sp³-hybridized carbons (Fsp3) is 0.263. The Labute approximate surface area is 174 Å². The van der Waals surface area contributed by atoms with Crippen LogP contribution in [0.5, 0.6) is 0 Å². The van der Waals surface area contributed by atoms with E-state index in [2.05, 4.69) is 15.5 Å². The van der Waals surface area contributed by atoms with Gasteiger partial charge in [-0.3, -0.25) is 19.2 Å². The molecule has 0 radical (unpaired) electrons. The highest BCUT2D eigenvalue weighted by Gasteiger charge is 2.34. The average Bonchev–Trinajstić information content (AvgIpc) is 3.21. The van der Waals surface area contributed by atoms with Gasteiger partial charge in [0.05, 0.1) is 17.6 Å². The largest absolute Gasteiger partial charge is 0.371 e. The number of nitrogens with zero attached hydrogens (tertiary/aromatic N) is 5. The minimum Gasteiger partial charge on any atom is -0.371 e. The Morgan fingerprint density at radius 1 is 1.23 bits per heavy atom. The Morgan fingerprint density at radius 3 is 2.67 bits per heavy atom. The first kappa shape index (κ1) is 20.0. The summed E-state index contributed by atoms with van der Waals surface area (Å²) in [5.41, 5.74) is -0.0799. The summed E-state index contributed by atoms with van der Waals surface area (Å²) in [6.07, 6.45) is 1.71. The zero-order valence-electron chi connectivity index (χ0n) is 16.1. The molecular weight excluding hydrogens is 418 g/mol. The van der Waals surface area contributed by atoms with E-state index in [1.165, 1.54) is 6.20 Å². The van der Waals surface area contributed by atoms with Crippen LogP contribution in [-0.2, 0) is 11.8 Å². The zero-order chi connectivity index (χ0) is 21.6. The quantitative estimate of drug-likeness (QED) is 0.681. The number of anilines is 2. The summed E-state index contributed by atoms with van der Waals surface area (Å²) in [5, 5.41) is 10.9. The fourth-order valence-electron chi connectivity index (χ4n) is 3.44. The number of aryl methyl sites for hydroxylation is 2. The predicted molar refractivity (Wildman–Crippen MR) is 107 cm³/mol. The Hall–Kier alpha value is -3.27. The van der Waals surface area contributed by atoms with Gasteiger partial charge in [0.2, 0.25) is 0 Å². The molecule has 156 valence electrons. The van der Waals surface area contributed by atoms with Crippen molar-refractivity contribution in [2.75, 3.05) is 16.8 Å². The summed E-state index contributed by atoms with van der Waals surface area (Å²) in [6, 6.07) is 3.95. The van der Waals surface area contributed by atoms with Crippen LogP contribution in [0.2, 0.25) is 5.02 Å². The average molecular weight is 435 g/mol. The highest BCUT2D eigenvalue weighted by molar-refractivity contribution is 6.33. The van der Waals surface area contributed by atoms with E-state index >= 15 is 0 Å². The predicted octanol–water partition coefficient (Wildman–Crippen LogP) is 2.42. The summed E-state index contributed by atoms with van der Waals surface area (Å²) in [6.45, 7) is 2.31.